The largest absolute Gasteiger partial charge is 0.475 e. The van der Waals surface area contributed by atoms with Crippen LogP contribution in [0.25, 0.3) is 5.69 Å². The lowest BCUT2D eigenvalue weighted by atomic mass is 10.2. The molecule has 0 saturated heterocycles. The minimum atomic E-state index is -1.10. The van der Waals surface area contributed by atoms with E-state index in [1.165, 1.54) is 0 Å². The van der Waals surface area contributed by atoms with Crippen LogP contribution in [0, 0.1) is 6.92 Å². The van der Waals surface area contributed by atoms with Gasteiger partial charge in [-0.2, -0.15) is 0 Å². The van der Waals surface area contributed by atoms with Crippen LogP contribution in [0.5, 0.6) is 0 Å². The van der Waals surface area contributed by atoms with Gasteiger partial charge in [0.05, 0.1) is 5.69 Å². The summed E-state index contributed by atoms with van der Waals surface area (Å²) < 4.78 is 1.60. The Kier molecular flexibility index (Phi) is 2.91. The van der Waals surface area contributed by atoms with E-state index in [9.17, 15) is 4.79 Å². The number of carboxylic acid groups (broad SMARTS) is 1. The molecule has 1 N–H and O–H groups in total. The van der Waals surface area contributed by atoms with E-state index in [1.807, 2.05) is 38.1 Å². The van der Waals surface area contributed by atoms with Gasteiger partial charge in [0.25, 0.3) is 5.82 Å². The molecule has 2 aromatic rings. The molecule has 0 fully saturated rings. The summed E-state index contributed by atoms with van der Waals surface area (Å²) in [6.45, 7) is 3.88. The van der Waals surface area contributed by atoms with Gasteiger partial charge in [-0.3, -0.25) is 0 Å². The molecule has 0 aliphatic carbocycles. The van der Waals surface area contributed by atoms with Crippen LogP contribution in [-0.4, -0.2) is 25.8 Å². The van der Waals surface area contributed by atoms with E-state index in [0.717, 1.165) is 11.3 Å². The van der Waals surface area contributed by atoms with Gasteiger partial charge in [-0.1, -0.05) is 25.1 Å². The number of para-hydroxylation sites is 1. The van der Waals surface area contributed by atoms with Crippen LogP contribution in [0.4, 0.5) is 0 Å². The quantitative estimate of drug-likeness (QED) is 0.875. The molecule has 5 heteroatoms. The van der Waals surface area contributed by atoms with Crippen LogP contribution in [0.15, 0.2) is 24.3 Å². The van der Waals surface area contributed by atoms with Crippen molar-refractivity contribution < 1.29 is 9.90 Å². The molecule has 1 aromatic heterocycles. The predicted octanol–water partition coefficient (Wildman–Crippen LogP) is 1.84. The highest BCUT2D eigenvalue weighted by Crippen LogP contribution is 2.15. The fourth-order valence-electron chi connectivity index (χ4n) is 1.66. The summed E-state index contributed by atoms with van der Waals surface area (Å²) in [5, 5.41) is 12.9. The van der Waals surface area contributed by atoms with E-state index in [-0.39, 0.29) is 5.82 Å². The highest BCUT2D eigenvalue weighted by atomic mass is 16.4. The Labute approximate surface area is 98.7 Å². The van der Waals surface area contributed by atoms with E-state index >= 15 is 0 Å². The fourth-order valence-corrected chi connectivity index (χ4v) is 1.66. The molecule has 0 atom stereocenters. The highest BCUT2D eigenvalue weighted by molar-refractivity contribution is 5.83. The van der Waals surface area contributed by atoms with E-state index in [1.54, 1.807) is 4.68 Å². The third-order valence-corrected chi connectivity index (χ3v) is 2.53. The molecule has 0 aliphatic rings. The molecule has 0 radical (unpaired) electrons. The van der Waals surface area contributed by atoms with Crippen molar-refractivity contribution >= 4 is 5.97 Å². The smallest absolute Gasteiger partial charge is 0.375 e. The van der Waals surface area contributed by atoms with Gasteiger partial charge < -0.3 is 5.11 Å². The Morgan fingerprint density at radius 1 is 1.41 bits per heavy atom. The number of rotatable bonds is 3. The van der Waals surface area contributed by atoms with Crippen molar-refractivity contribution in [2.75, 3.05) is 0 Å². The number of carboxylic acids is 1. The Morgan fingerprint density at radius 3 is 2.71 bits per heavy atom. The maximum absolute atomic E-state index is 10.9. The molecule has 0 unspecified atom stereocenters. The van der Waals surface area contributed by atoms with Crippen molar-refractivity contribution in [3.05, 3.63) is 41.5 Å². The van der Waals surface area contributed by atoms with Crippen molar-refractivity contribution in [2.24, 2.45) is 0 Å². The number of nitrogens with zero attached hydrogens (tertiary/aromatic N) is 3. The van der Waals surface area contributed by atoms with E-state index in [4.69, 9.17) is 5.11 Å². The zero-order valence-corrected chi connectivity index (χ0v) is 9.71. The Bertz CT molecular complexity index is 561. The second-order valence-corrected chi connectivity index (χ2v) is 3.71. The number of carbonyl (C=O) groups is 1. The predicted molar refractivity (Wildman–Crippen MR) is 62.4 cm³/mol. The maximum atomic E-state index is 10.9. The van der Waals surface area contributed by atoms with Crippen molar-refractivity contribution in [3.63, 3.8) is 0 Å². The van der Waals surface area contributed by atoms with Crippen LogP contribution in [-0.2, 0) is 6.42 Å². The molecule has 88 valence electrons. The second-order valence-electron chi connectivity index (χ2n) is 3.71. The maximum Gasteiger partial charge on any atom is 0.375 e. The monoisotopic (exact) mass is 231 g/mol. The molecule has 0 saturated carbocycles. The van der Waals surface area contributed by atoms with Crippen molar-refractivity contribution in [2.45, 2.75) is 20.3 Å². The van der Waals surface area contributed by atoms with Crippen LogP contribution >= 0.6 is 0 Å². The zero-order valence-electron chi connectivity index (χ0n) is 9.71. The molecule has 1 heterocycles. The number of aromatic nitrogens is 3. The normalized spacial score (nSPS) is 10.5. The average molecular weight is 231 g/mol. The van der Waals surface area contributed by atoms with Gasteiger partial charge in [-0.25, -0.2) is 14.5 Å². The third kappa shape index (κ3) is 2.04. The standard InChI is InChI=1S/C12H13N3O2/c1-3-10-13-11(12(16)17)14-15(10)9-7-5-4-6-8(9)2/h4-7H,3H2,1-2H3,(H,16,17). The fraction of sp³-hybridized carbons (Fsp3) is 0.250. The van der Waals surface area contributed by atoms with Crippen LogP contribution < -0.4 is 0 Å². The van der Waals surface area contributed by atoms with Gasteiger partial charge in [0.15, 0.2) is 0 Å². The number of benzene rings is 1. The molecular formula is C12H13N3O2. The summed E-state index contributed by atoms with van der Waals surface area (Å²) >= 11 is 0. The van der Waals surface area contributed by atoms with Crippen LogP contribution in [0.3, 0.4) is 0 Å². The summed E-state index contributed by atoms with van der Waals surface area (Å²) in [4.78, 5) is 14.9. The molecule has 0 bridgehead atoms. The van der Waals surface area contributed by atoms with Crippen LogP contribution in [0.2, 0.25) is 0 Å². The SMILES string of the molecule is CCc1nc(C(=O)O)nn1-c1ccccc1C. The first-order valence-corrected chi connectivity index (χ1v) is 5.38. The third-order valence-electron chi connectivity index (χ3n) is 2.53. The van der Waals surface area contributed by atoms with Gasteiger partial charge in [-0.05, 0) is 18.6 Å². The first kappa shape index (κ1) is 11.3. The van der Waals surface area contributed by atoms with E-state index in [0.29, 0.717) is 12.2 Å². The van der Waals surface area contributed by atoms with E-state index in [2.05, 4.69) is 10.1 Å². The first-order valence-electron chi connectivity index (χ1n) is 5.38. The van der Waals surface area contributed by atoms with Gasteiger partial charge in [0.1, 0.15) is 5.82 Å². The molecule has 1 aromatic carbocycles. The zero-order chi connectivity index (χ0) is 12.4. The Balaban J connectivity index is 2.59. The second kappa shape index (κ2) is 4.37. The number of aromatic carboxylic acids is 1. The highest BCUT2D eigenvalue weighted by Gasteiger charge is 2.15. The topological polar surface area (TPSA) is 68.0 Å². The summed E-state index contributed by atoms with van der Waals surface area (Å²) in [7, 11) is 0. The van der Waals surface area contributed by atoms with Gasteiger partial charge in [-0.15, -0.1) is 5.10 Å². The summed E-state index contributed by atoms with van der Waals surface area (Å²) in [5.41, 5.74) is 1.90. The lowest BCUT2D eigenvalue weighted by molar-refractivity contribution is 0.0683. The molecule has 2 rings (SSSR count). The minimum absolute atomic E-state index is 0.162. The van der Waals surface area contributed by atoms with Gasteiger partial charge >= 0.3 is 5.97 Å². The number of aryl methyl sites for hydroxylation is 2. The van der Waals surface area contributed by atoms with Gasteiger partial charge in [0, 0.05) is 6.42 Å². The molecular weight excluding hydrogens is 218 g/mol. The average Bonchev–Trinajstić information content (AvgIpc) is 2.73. The number of hydrogen-bond donors (Lipinski definition) is 1. The molecule has 17 heavy (non-hydrogen) atoms. The Morgan fingerprint density at radius 2 is 2.12 bits per heavy atom. The van der Waals surface area contributed by atoms with E-state index < -0.39 is 5.97 Å². The van der Waals surface area contributed by atoms with Gasteiger partial charge in [0.2, 0.25) is 0 Å². The molecule has 5 nitrogen and oxygen atoms in total. The van der Waals surface area contributed by atoms with Crippen molar-refractivity contribution in [3.8, 4) is 5.69 Å². The number of hydrogen-bond acceptors (Lipinski definition) is 3. The molecule has 0 aliphatic heterocycles. The summed E-state index contributed by atoms with van der Waals surface area (Å²) in [5.74, 6) is -0.617. The lowest BCUT2D eigenvalue weighted by Crippen LogP contribution is -2.04. The first-order chi connectivity index (χ1) is 8.13. The van der Waals surface area contributed by atoms with Crippen molar-refractivity contribution in [1.29, 1.82) is 0 Å². The van der Waals surface area contributed by atoms with Crippen LogP contribution in [0.1, 0.15) is 28.9 Å². The summed E-state index contributed by atoms with van der Waals surface area (Å²) in [6.07, 6.45) is 0.634. The minimum Gasteiger partial charge on any atom is -0.475 e. The molecule has 0 spiro atoms. The summed E-state index contributed by atoms with van der Waals surface area (Å²) in [6, 6.07) is 7.68. The molecule has 0 amide bonds. The lowest BCUT2D eigenvalue weighted by Gasteiger charge is -2.06. The Hall–Kier alpha value is -2.17. The van der Waals surface area contributed by atoms with Crippen molar-refractivity contribution in [1.82, 2.24) is 14.8 Å².